The number of nitrogens with two attached hydrogens (primary N) is 1. The highest BCUT2D eigenvalue weighted by Crippen LogP contribution is 2.06. The molecule has 1 unspecified atom stereocenters. The van der Waals surface area contributed by atoms with E-state index >= 15 is 0 Å². The van der Waals surface area contributed by atoms with Crippen LogP contribution in [0.3, 0.4) is 0 Å². The topological polar surface area (TPSA) is 94.2 Å². The lowest BCUT2D eigenvalue weighted by atomic mass is 10.2. The number of oxime groups is 1. The Morgan fingerprint density at radius 3 is 2.58 bits per heavy atom. The molecule has 0 saturated carbocycles. The van der Waals surface area contributed by atoms with Gasteiger partial charge in [0.15, 0.2) is 5.84 Å². The van der Waals surface area contributed by atoms with Crippen LogP contribution in [0.5, 0.6) is 0 Å². The zero-order valence-electron chi connectivity index (χ0n) is 11.8. The summed E-state index contributed by atoms with van der Waals surface area (Å²) in [4.78, 5) is 15.8. The summed E-state index contributed by atoms with van der Waals surface area (Å²) < 4.78 is 0. The molecule has 1 heterocycles. The van der Waals surface area contributed by atoms with Crippen LogP contribution in [-0.2, 0) is 0 Å². The summed E-state index contributed by atoms with van der Waals surface area (Å²) in [6.07, 6.45) is 2.08. The molecule has 1 atom stereocenters. The average Bonchev–Trinajstić information content (AvgIpc) is 2.46. The van der Waals surface area contributed by atoms with Crippen molar-refractivity contribution in [2.45, 2.75) is 32.7 Å². The Labute approximate surface area is 114 Å². The number of carbonyl (C=O) groups excluding carboxylic acids is 1. The monoisotopic (exact) mass is 271 g/mol. The van der Waals surface area contributed by atoms with Crippen molar-refractivity contribution >= 4 is 11.9 Å². The third-order valence-corrected chi connectivity index (χ3v) is 3.50. The Bertz CT molecular complexity index is 313. The van der Waals surface area contributed by atoms with E-state index in [9.17, 15) is 4.79 Å². The van der Waals surface area contributed by atoms with E-state index in [-0.39, 0.29) is 17.9 Å². The number of urea groups is 1. The van der Waals surface area contributed by atoms with Crippen molar-refractivity contribution in [3.05, 3.63) is 0 Å². The van der Waals surface area contributed by atoms with E-state index in [2.05, 4.69) is 22.3 Å². The molecule has 1 rings (SSSR count). The number of nitrogens with zero attached hydrogens (tertiary/aromatic N) is 3. The molecule has 7 heteroatoms. The van der Waals surface area contributed by atoms with Crippen LogP contribution in [-0.4, -0.2) is 65.6 Å². The van der Waals surface area contributed by atoms with Gasteiger partial charge < -0.3 is 21.2 Å². The largest absolute Gasteiger partial charge is 0.409 e. The molecule has 1 aliphatic heterocycles. The maximum atomic E-state index is 11.8. The summed E-state index contributed by atoms with van der Waals surface area (Å²) in [5.74, 6) is 0.209. The fourth-order valence-corrected chi connectivity index (χ4v) is 2.07. The first-order valence-corrected chi connectivity index (χ1v) is 6.84. The van der Waals surface area contributed by atoms with Gasteiger partial charge in [0.05, 0.1) is 6.04 Å². The number of rotatable bonds is 5. The Balaban J connectivity index is 2.34. The third kappa shape index (κ3) is 4.59. The highest BCUT2D eigenvalue weighted by molar-refractivity contribution is 5.84. The number of carbonyl (C=O) groups is 1. The molecular formula is C12H25N5O2. The Morgan fingerprint density at radius 2 is 2.05 bits per heavy atom. The molecule has 19 heavy (non-hydrogen) atoms. The smallest absolute Gasteiger partial charge is 0.317 e. The predicted molar refractivity (Wildman–Crippen MR) is 74.3 cm³/mol. The first-order chi connectivity index (χ1) is 9.10. The number of hydrogen-bond donors (Lipinski definition) is 3. The summed E-state index contributed by atoms with van der Waals surface area (Å²) in [5, 5.41) is 14.6. The third-order valence-electron chi connectivity index (χ3n) is 3.50. The summed E-state index contributed by atoms with van der Waals surface area (Å²) in [5.41, 5.74) is 5.59. The molecule has 110 valence electrons. The van der Waals surface area contributed by atoms with Crippen LogP contribution in [0.4, 0.5) is 4.79 Å². The minimum absolute atomic E-state index is 0.00421. The lowest BCUT2D eigenvalue weighted by Gasteiger charge is -2.37. The van der Waals surface area contributed by atoms with E-state index in [1.165, 1.54) is 0 Å². The Morgan fingerprint density at radius 1 is 1.42 bits per heavy atom. The Kier molecular flexibility index (Phi) is 6.41. The van der Waals surface area contributed by atoms with Gasteiger partial charge in [0, 0.05) is 32.7 Å². The van der Waals surface area contributed by atoms with Crippen LogP contribution in [0.1, 0.15) is 26.7 Å². The minimum atomic E-state index is -0.102. The molecule has 0 aromatic heterocycles. The van der Waals surface area contributed by atoms with Crippen LogP contribution in [0, 0.1) is 0 Å². The fraction of sp³-hybridized carbons (Fsp3) is 0.833. The minimum Gasteiger partial charge on any atom is -0.409 e. The zero-order chi connectivity index (χ0) is 14.3. The highest BCUT2D eigenvalue weighted by atomic mass is 16.4. The molecule has 1 aliphatic rings. The van der Waals surface area contributed by atoms with E-state index in [1.807, 2.05) is 11.8 Å². The summed E-state index contributed by atoms with van der Waals surface area (Å²) in [7, 11) is 0. The SMILES string of the molecule is CCCCNC(=O)N1CCN(C(C)C(N)=NO)CC1. The van der Waals surface area contributed by atoms with Crippen LogP contribution in [0.2, 0.25) is 0 Å². The second-order valence-electron chi connectivity index (χ2n) is 4.81. The van der Waals surface area contributed by atoms with Crippen LogP contribution >= 0.6 is 0 Å². The molecule has 1 saturated heterocycles. The van der Waals surface area contributed by atoms with Gasteiger partial charge in [-0.2, -0.15) is 0 Å². The lowest BCUT2D eigenvalue weighted by molar-refractivity contribution is 0.130. The van der Waals surface area contributed by atoms with Crippen molar-refractivity contribution in [2.24, 2.45) is 10.9 Å². The van der Waals surface area contributed by atoms with E-state index in [1.54, 1.807) is 0 Å². The quantitative estimate of drug-likeness (QED) is 0.220. The summed E-state index contributed by atoms with van der Waals surface area (Å²) >= 11 is 0. The van der Waals surface area contributed by atoms with Crippen molar-refractivity contribution in [3.63, 3.8) is 0 Å². The molecule has 1 fully saturated rings. The average molecular weight is 271 g/mol. The molecule has 2 amide bonds. The second kappa shape index (κ2) is 7.83. The van der Waals surface area contributed by atoms with Crippen molar-refractivity contribution < 1.29 is 10.0 Å². The maximum absolute atomic E-state index is 11.8. The first kappa shape index (κ1) is 15.6. The Hall–Kier alpha value is -1.50. The predicted octanol–water partition coefficient (Wildman–Crippen LogP) is 0.249. The van der Waals surface area contributed by atoms with Gasteiger partial charge in [-0.15, -0.1) is 0 Å². The van der Waals surface area contributed by atoms with Gasteiger partial charge >= 0.3 is 6.03 Å². The standard InChI is InChI=1S/C12H25N5O2/c1-3-4-5-14-12(18)17-8-6-16(7-9-17)10(2)11(13)15-19/h10,19H,3-9H2,1-2H3,(H2,13,15)(H,14,18). The van der Waals surface area contributed by atoms with Gasteiger partial charge in [0.25, 0.3) is 0 Å². The van der Waals surface area contributed by atoms with Crippen molar-refractivity contribution in [1.29, 1.82) is 0 Å². The number of unbranched alkanes of at least 4 members (excludes halogenated alkanes) is 1. The van der Waals surface area contributed by atoms with Crippen molar-refractivity contribution in [2.75, 3.05) is 32.7 Å². The first-order valence-electron chi connectivity index (χ1n) is 6.84. The van der Waals surface area contributed by atoms with E-state index < -0.39 is 0 Å². The molecule has 0 spiro atoms. The molecule has 0 bridgehead atoms. The highest BCUT2D eigenvalue weighted by Gasteiger charge is 2.25. The molecular weight excluding hydrogens is 246 g/mol. The van der Waals surface area contributed by atoms with Gasteiger partial charge in [0.1, 0.15) is 0 Å². The van der Waals surface area contributed by atoms with Crippen molar-refractivity contribution in [3.8, 4) is 0 Å². The van der Waals surface area contributed by atoms with Crippen molar-refractivity contribution in [1.82, 2.24) is 15.1 Å². The second-order valence-corrected chi connectivity index (χ2v) is 4.81. The number of nitrogens with one attached hydrogen (secondary N) is 1. The van der Waals surface area contributed by atoms with Gasteiger partial charge in [0.2, 0.25) is 0 Å². The fourth-order valence-electron chi connectivity index (χ4n) is 2.07. The number of piperazine rings is 1. The number of hydrogen-bond acceptors (Lipinski definition) is 4. The number of amidine groups is 1. The van der Waals surface area contributed by atoms with Crippen LogP contribution in [0.15, 0.2) is 5.16 Å². The maximum Gasteiger partial charge on any atom is 0.317 e. The zero-order valence-corrected chi connectivity index (χ0v) is 11.8. The van der Waals surface area contributed by atoms with Gasteiger partial charge in [-0.05, 0) is 13.3 Å². The molecule has 0 radical (unpaired) electrons. The molecule has 4 N–H and O–H groups in total. The van der Waals surface area contributed by atoms with Gasteiger partial charge in [-0.25, -0.2) is 4.79 Å². The van der Waals surface area contributed by atoms with E-state index in [4.69, 9.17) is 10.9 Å². The van der Waals surface area contributed by atoms with Gasteiger partial charge in [-0.3, -0.25) is 4.90 Å². The molecule has 7 nitrogen and oxygen atoms in total. The molecule has 0 aliphatic carbocycles. The normalized spacial score (nSPS) is 19.3. The number of amides is 2. The summed E-state index contributed by atoms with van der Waals surface area (Å²) in [6, 6.07) is -0.0974. The molecule has 0 aromatic rings. The van der Waals surface area contributed by atoms with E-state index in [0.29, 0.717) is 13.1 Å². The van der Waals surface area contributed by atoms with Crippen LogP contribution < -0.4 is 11.1 Å². The van der Waals surface area contributed by atoms with Gasteiger partial charge in [-0.1, -0.05) is 18.5 Å². The summed E-state index contributed by atoms with van der Waals surface area (Å²) in [6.45, 7) is 7.53. The van der Waals surface area contributed by atoms with Crippen LogP contribution in [0.25, 0.3) is 0 Å². The van der Waals surface area contributed by atoms with E-state index in [0.717, 1.165) is 32.5 Å². The molecule has 0 aromatic carbocycles. The lowest BCUT2D eigenvalue weighted by Crippen LogP contribution is -2.56.